The molecule has 5 amide bonds. The van der Waals surface area contributed by atoms with Gasteiger partial charge in [0.1, 0.15) is 12.3 Å². The lowest BCUT2D eigenvalue weighted by Gasteiger charge is -2.16. The summed E-state index contributed by atoms with van der Waals surface area (Å²) < 4.78 is 5.17. The molecule has 1 aromatic rings. The van der Waals surface area contributed by atoms with Crippen LogP contribution in [0.25, 0.3) is 0 Å². The van der Waals surface area contributed by atoms with Crippen LogP contribution in [0.5, 0.6) is 5.75 Å². The lowest BCUT2D eigenvalue weighted by atomic mass is 10.2. The number of rotatable bonds is 7. The molecule has 0 bridgehead atoms. The van der Waals surface area contributed by atoms with Gasteiger partial charge in [-0.05, 0) is 31.0 Å². The van der Waals surface area contributed by atoms with Crippen LogP contribution in [0.3, 0.4) is 0 Å². The molecule has 134 valence electrons. The normalized spacial score (nSPS) is 14.3. The van der Waals surface area contributed by atoms with Crippen LogP contribution in [-0.4, -0.2) is 53.8 Å². The quantitative estimate of drug-likeness (QED) is 0.596. The first-order chi connectivity index (χ1) is 11.9. The first kappa shape index (κ1) is 18.4. The van der Waals surface area contributed by atoms with E-state index in [0.29, 0.717) is 22.8 Å². The Morgan fingerprint density at radius 1 is 1.16 bits per heavy atom. The zero-order valence-corrected chi connectivity index (χ0v) is 14.5. The van der Waals surface area contributed by atoms with Crippen LogP contribution in [0.4, 0.5) is 10.5 Å². The third-order valence-corrected chi connectivity index (χ3v) is 3.80. The Morgan fingerprint density at radius 3 is 2.48 bits per heavy atom. The Morgan fingerprint density at radius 2 is 1.84 bits per heavy atom. The zero-order chi connectivity index (χ0) is 18.6. The van der Waals surface area contributed by atoms with Crippen LogP contribution < -0.4 is 10.1 Å². The summed E-state index contributed by atoms with van der Waals surface area (Å²) in [6.07, 6.45) is 1.38. The molecule has 1 aromatic carbocycles. The van der Waals surface area contributed by atoms with E-state index in [1.165, 1.54) is 7.11 Å². The third kappa shape index (κ3) is 3.96. The van der Waals surface area contributed by atoms with E-state index in [1.807, 2.05) is 19.9 Å². The number of unbranched alkanes of at least 4 members (excludes halogenated alkanes) is 1. The van der Waals surface area contributed by atoms with Crippen molar-refractivity contribution in [3.63, 3.8) is 0 Å². The number of imide groups is 2. The van der Waals surface area contributed by atoms with Gasteiger partial charge in [0.05, 0.1) is 12.8 Å². The number of nitrogens with one attached hydrogen (secondary N) is 1. The molecule has 1 saturated heterocycles. The summed E-state index contributed by atoms with van der Waals surface area (Å²) in [4.78, 5) is 49.8. The summed E-state index contributed by atoms with van der Waals surface area (Å²) in [6.45, 7) is 3.41. The fourth-order valence-corrected chi connectivity index (χ4v) is 2.46. The summed E-state index contributed by atoms with van der Waals surface area (Å²) in [7, 11) is 1.47. The number of methoxy groups -OCH3 is 1. The maximum Gasteiger partial charge on any atom is 0.334 e. The van der Waals surface area contributed by atoms with Crippen LogP contribution in [0.1, 0.15) is 25.3 Å². The lowest BCUT2D eigenvalue weighted by molar-refractivity contribution is -0.143. The van der Waals surface area contributed by atoms with E-state index in [1.54, 1.807) is 12.1 Å². The van der Waals surface area contributed by atoms with Gasteiger partial charge in [-0.1, -0.05) is 19.4 Å². The molecule has 0 aromatic heterocycles. The molecule has 0 atom stereocenters. The second kappa shape index (κ2) is 7.78. The molecule has 2 rings (SSSR count). The first-order valence-electron chi connectivity index (χ1n) is 8.00. The van der Waals surface area contributed by atoms with Crippen molar-refractivity contribution in [1.29, 1.82) is 0 Å². The Bertz CT molecular complexity index is 716. The second-order valence-corrected chi connectivity index (χ2v) is 5.74. The van der Waals surface area contributed by atoms with Crippen molar-refractivity contribution in [2.45, 2.75) is 26.7 Å². The summed E-state index contributed by atoms with van der Waals surface area (Å²) >= 11 is 0. The zero-order valence-electron chi connectivity index (χ0n) is 14.5. The highest BCUT2D eigenvalue weighted by Crippen LogP contribution is 2.25. The van der Waals surface area contributed by atoms with E-state index >= 15 is 0 Å². The molecular formula is C17H21N3O5. The van der Waals surface area contributed by atoms with Gasteiger partial charge in [-0.15, -0.1) is 0 Å². The van der Waals surface area contributed by atoms with Gasteiger partial charge in [0, 0.05) is 6.54 Å². The summed E-state index contributed by atoms with van der Waals surface area (Å²) in [5.74, 6) is -2.00. The molecule has 8 nitrogen and oxygen atoms in total. The standard InChI is InChI=1S/C17H21N3O5/c1-4-5-8-19-15(22)16(23)20(17(19)24)10-14(21)18-12-9-11(2)6-7-13(12)25-3/h6-7,9H,4-5,8,10H2,1-3H3,(H,18,21). The van der Waals surface area contributed by atoms with Gasteiger partial charge >= 0.3 is 17.8 Å². The molecular weight excluding hydrogens is 326 g/mol. The predicted octanol–water partition coefficient (Wildman–Crippen LogP) is 1.53. The molecule has 1 fully saturated rings. The topological polar surface area (TPSA) is 96.0 Å². The Labute approximate surface area is 145 Å². The molecule has 25 heavy (non-hydrogen) atoms. The van der Waals surface area contributed by atoms with Crippen LogP contribution in [0.15, 0.2) is 18.2 Å². The van der Waals surface area contributed by atoms with E-state index in [4.69, 9.17) is 4.74 Å². The van der Waals surface area contributed by atoms with E-state index in [2.05, 4.69) is 5.32 Å². The Balaban J connectivity index is 2.08. The highest BCUT2D eigenvalue weighted by Gasteiger charge is 2.44. The molecule has 0 radical (unpaired) electrons. The van der Waals surface area contributed by atoms with Gasteiger partial charge in [0.2, 0.25) is 5.91 Å². The Kier molecular flexibility index (Phi) is 5.74. The molecule has 8 heteroatoms. The summed E-state index contributed by atoms with van der Waals surface area (Å²) in [5.41, 5.74) is 1.34. The first-order valence-corrected chi connectivity index (χ1v) is 8.00. The number of amides is 5. The van der Waals surface area contributed by atoms with Crippen LogP contribution in [0, 0.1) is 6.92 Å². The molecule has 0 saturated carbocycles. The van der Waals surface area contributed by atoms with E-state index < -0.39 is 30.3 Å². The molecule has 0 unspecified atom stereocenters. The van der Waals surface area contributed by atoms with Crippen molar-refractivity contribution in [1.82, 2.24) is 9.80 Å². The van der Waals surface area contributed by atoms with Crippen molar-refractivity contribution in [3.05, 3.63) is 23.8 Å². The monoisotopic (exact) mass is 347 g/mol. The smallest absolute Gasteiger partial charge is 0.334 e. The van der Waals surface area contributed by atoms with Crippen LogP contribution in [-0.2, 0) is 14.4 Å². The van der Waals surface area contributed by atoms with Gasteiger partial charge in [0.25, 0.3) is 0 Å². The molecule has 1 aliphatic rings. The number of carbonyl (C=O) groups excluding carboxylic acids is 4. The highest BCUT2D eigenvalue weighted by molar-refractivity contribution is 6.45. The minimum atomic E-state index is -0.979. The van der Waals surface area contributed by atoms with Crippen molar-refractivity contribution < 1.29 is 23.9 Å². The number of ether oxygens (including phenoxy) is 1. The average molecular weight is 347 g/mol. The second-order valence-electron chi connectivity index (χ2n) is 5.74. The number of hydrogen-bond donors (Lipinski definition) is 1. The largest absolute Gasteiger partial charge is 0.495 e. The van der Waals surface area contributed by atoms with E-state index in [9.17, 15) is 19.2 Å². The van der Waals surface area contributed by atoms with Crippen molar-refractivity contribution in [2.75, 3.05) is 25.5 Å². The fourth-order valence-electron chi connectivity index (χ4n) is 2.46. The van der Waals surface area contributed by atoms with Crippen molar-refractivity contribution in [3.8, 4) is 5.75 Å². The van der Waals surface area contributed by atoms with Gasteiger partial charge in [-0.2, -0.15) is 0 Å². The summed E-state index contributed by atoms with van der Waals surface area (Å²) in [5, 5.41) is 2.60. The van der Waals surface area contributed by atoms with Crippen molar-refractivity contribution in [2.24, 2.45) is 0 Å². The fraction of sp³-hybridized carbons (Fsp3) is 0.412. The summed E-state index contributed by atoms with van der Waals surface area (Å²) in [6, 6.07) is 4.48. The molecule has 1 heterocycles. The number of hydrogen-bond acceptors (Lipinski definition) is 5. The number of anilines is 1. The van der Waals surface area contributed by atoms with E-state index in [-0.39, 0.29) is 6.54 Å². The number of nitrogens with zero attached hydrogens (tertiary/aromatic N) is 2. The van der Waals surface area contributed by atoms with Gasteiger partial charge in [0.15, 0.2) is 0 Å². The number of aryl methyl sites for hydroxylation is 1. The lowest BCUT2D eigenvalue weighted by Crippen LogP contribution is -2.39. The molecule has 0 aliphatic carbocycles. The molecule has 1 N–H and O–H groups in total. The maximum absolute atomic E-state index is 12.2. The van der Waals surface area contributed by atoms with Crippen LogP contribution >= 0.6 is 0 Å². The maximum atomic E-state index is 12.2. The predicted molar refractivity (Wildman–Crippen MR) is 90.1 cm³/mol. The Hall–Kier alpha value is -2.90. The van der Waals surface area contributed by atoms with Crippen molar-refractivity contribution >= 4 is 29.4 Å². The van der Waals surface area contributed by atoms with E-state index in [0.717, 1.165) is 16.9 Å². The minimum Gasteiger partial charge on any atom is -0.495 e. The molecule has 0 spiro atoms. The number of benzene rings is 1. The van der Waals surface area contributed by atoms with Gasteiger partial charge < -0.3 is 10.1 Å². The van der Waals surface area contributed by atoms with Gasteiger partial charge in [-0.25, -0.2) is 9.69 Å². The number of carbonyl (C=O) groups is 4. The highest BCUT2D eigenvalue weighted by atomic mass is 16.5. The minimum absolute atomic E-state index is 0.170. The van der Waals surface area contributed by atoms with Gasteiger partial charge in [-0.3, -0.25) is 19.3 Å². The van der Waals surface area contributed by atoms with Crippen LogP contribution in [0.2, 0.25) is 0 Å². The number of urea groups is 1. The third-order valence-electron chi connectivity index (χ3n) is 3.80. The average Bonchev–Trinajstić information content (AvgIpc) is 2.77. The SMILES string of the molecule is CCCCN1C(=O)C(=O)N(CC(=O)Nc2cc(C)ccc2OC)C1=O. The molecule has 1 aliphatic heterocycles.